The van der Waals surface area contributed by atoms with Crippen molar-refractivity contribution in [3.8, 4) is 0 Å². The van der Waals surface area contributed by atoms with Crippen LogP contribution in [0.1, 0.15) is 11.6 Å². The third-order valence-corrected chi connectivity index (χ3v) is 4.33. The average Bonchev–Trinajstić information content (AvgIpc) is 3.09. The first-order valence-electron chi connectivity index (χ1n) is 7.98. The third-order valence-electron chi connectivity index (χ3n) is 3.72. The Morgan fingerprint density at radius 3 is 2.23 bits per heavy atom. The number of nitrogens with one attached hydrogen (secondary N) is 2. The molecule has 2 aromatic carbocycles. The topological polar surface area (TPSA) is 80.2 Å². The molecule has 0 bridgehead atoms. The molecule has 2 N–H and O–H groups in total. The van der Waals surface area contributed by atoms with Gasteiger partial charge in [-0.1, -0.05) is 36.4 Å². The van der Waals surface area contributed by atoms with Gasteiger partial charge in [-0.25, -0.2) is 8.42 Å². The minimum atomic E-state index is -3.38. The van der Waals surface area contributed by atoms with Gasteiger partial charge in [-0.3, -0.25) is 9.52 Å². The van der Waals surface area contributed by atoms with Gasteiger partial charge in [-0.2, -0.15) is 0 Å². The Kier molecular flexibility index (Phi) is 5.09. The number of hydrogen-bond acceptors (Lipinski definition) is 3. The maximum Gasteiger partial charge on any atom is 0.252 e. The SMILES string of the molecule is CS(=O)(=O)Nc1cccc(NC(=O)[C@@H](c2ccccc2)n2cccc2)c1. The number of sulfonamides is 1. The van der Waals surface area contributed by atoms with Crippen LogP contribution in [0.3, 0.4) is 0 Å². The fraction of sp³-hybridized carbons (Fsp3) is 0.105. The van der Waals surface area contributed by atoms with Crippen LogP contribution in [0.15, 0.2) is 79.1 Å². The molecule has 3 aromatic rings. The van der Waals surface area contributed by atoms with Crippen molar-refractivity contribution in [2.45, 2.75) is 6.04 Å². The minimum Gasteiger partial charge on any atom is -0.338 e. The lowest BCUT2D eigenvalue weighted by Crippen LogP contribution is -2.26. The quantitative estimate of drug-likeness (QED) is 0.701. The van der Waals surface area contributed by atoms with Crippen LogP contribution in [0.4, 0.5) is 11.4 Å². The number of benzene rings is 2. The molecule has 3 rings (SSSR count). The van der Waals surface area contributed by atoms with Crippen molar-refractivity contribution in [1.82, 2.24) is 4.57 Å². The van der Waals surface area contributed by atoms with Gasteiger partial charge in [0, 0.05) is 18.1 Å². The van der Waals surface area contributed by atoms with Crippen LogP contribution >= 0.6 is 0 Å². The summed E-state index contributed by atoms with van der Waals surface area (Å²) in [4.78, 5) is 12.9. The molecule has 1 amide bonds. The fourth-order valence-corrected chi connectivity index (χ4v) is 3.25. The highest BCUT2D eigenvalue weighted by Gasteiger charge is 2.21. The molecule has 0 aliphatic heterocycles. The van der Waals surface area contributed by atoms with Gasteiger partial charge in [0.2, 0.25) is 10.0 Å². The van der Waals surface area contributed by atoms with Crippen LogP contribution in [-0.4, -0.2) is 25.1 Å². The number of anilines is 2. The molecular formula is C19H19N3O3S. The van der Waals surface area contributed by atoms with Crippen molar-refractivity contribution < 1.29 is 13.2 Å². The second-order valence-corrected chi connectivity index (χ2v) is 7.64. The summed E-state index contributed by atoms with van der Waals surface area (Å²) in [6, 6.07) is 19.2. The van der Waals surface area contributed by atoms with Crippen molar-refractivity contribution in [2.24, 2.45) is 0 Å². The third kappa shape index (κ3) is 4.52. The fourth-order valence-electron chi connectivity index (χ4n) is 2.70. The number of hydrogen-bond donors (Lipinski definition) is 2. The number of carbonyl (C=O) groups excluding carboxylic acids is 1. The molecule has 7 heteroatoms. The van der Waals surface area contributed by atoms with E-state index >= 15 is 0 Å². The lowest BCUT2D eigenvalue weighted by atomic mass is 10.1. The molecule has 1 heterocycles. The standard InChI is InChI=1S/C19H19N3O3S/c1-26(24,25)21-17-11-7-10-16(14-17)20-19(23)18(22-12-5-6-13-22)15-8-3-2-4-9-15/h2-14,18,21H,1H3,(H,20,23)/t18-/m1/s1. The zero-order valence-electron chi connectivity index (χ0n) is 14.2. The van der Waals surface area contributed by atoms with E-state index in [0.717, 1.165) is 11.8 Å². The van der Waals surface area contributed by atoms with Gasteiger partial charge in [0.1, 0.15) is 6.04 Å². The molecule has 26 heavy (non-hydrogen) atoms. The van der Waals surface area contributed by atoms with Gasteiger partial charge in [0.05, 0.1) is 11.9 Å². The first kappa shape index (κ1) is 17.8. The Morgan fingerprint density at radius 2 is 1.58 bits per heavy atom. The molecule has 0 aliphatic rings. The molecule has 0 aliphatic carbocycles. The maximum absolute atomic E-state index is 12.9. The summed E-state index contributed by atoms with van der Waals surface area (Å²) in [5.41, 5.74) is 1.76. The van der Waals surface area contributed by atoms with Gasteiger partial charge >= 0.3 is 0 Å². The molecule has 0 unspecified atom stereocenters. The number of amides is 1. The minimum absolute atomic E-state index is 0.219. The Hall–Kier alpha value is -3.06. The molecule has 0 spiro atoms. The van der Waals surface area contributed by atoms with Gasteiger partial charge in [0.15, 0.2) is 0 Å². The number of carbonyl (C=O) groups is 1. The van der Waals surface area contributed by atoms with Crippen LogP contribution in [0.2, 0.25) is 0 Å². The Labute approximate surface area is 152 Å². The summed E-state index contributed by atoms with van der Waals surface area (Å²) in [6.07, 6.45) is 4.74. The van der Waals surface area contributed by atoms with E-state index in [4.69, 9.17) is 0 Å². The van der Waals surface area contributed by atoms with Gasteiger partial charge in [-0.15, -0.1) is 0 Å². The van der Waals surface area contributed by atoms with Gasteiger partial charge in [-0.05, 0) is 35.9 Å². The smallest absolute Gasteiger partial charge is 0.252 e. The summed E-state index contributed by atoms with van der Waals surface area (Å²) in [7, 11) is -3.38. The van der Waals surface area contributed by atoms with Gasteiger partial charge < -0.3 is 9.88 Å². The Morgan fingerprint density at radius 1 is 0.923 bits per heavy atom. The van der Waals surface area contributed by atoms with Crippen molar-refractivity contribution in [3.05, 3.63) is 84.7 Å². The highest BCUT2D eigenvalue weighted by molar-refractivity contribution is 7.92. The molecule has 0 saturated carbocycles. The molecule has 1 atom stereocenters. The Balaban J connectivity index is 1.86. The summed E-state index contributed by atoms with van der Waals surface area (Å²) in [6.45, 7) is 0. The zero-order chi connectivity index (χ0) is 18.6. The molecule has 6 nitrogen and oxygen atoms in total. The molecule has 0 radical (unpaired) electrons. The number of aromatic nitrogens is 1. The first-order chi connectivity index (χ1) is 12.4. The molecule has 1 aromatic heterocycles. The summed E-state index contributed by atoms with van der Waals surface area (Å²) in [5, 5.41) is 2.86. The van der Waals surface area contributed by atoms with E-state index < -0.39 is 16.1 Å². The molecule has 0 saturated heterocycles. The first-order valence-corrected chi connectivity index (χ1v) is 9.88. The van der Waals surface area contributed by atoms with Crippen molar-refractivity contribution >= 4 is 27.3 Å². The summed E-state index contributed by atoms with van der Waals surface area (Å²) >= 11 is 0. The predicted molar refractivity (Wildman–Crippen MR) is 103 cm³/mol. The Bertz CT molecular complexity index is 984. The lowest BCUT2D eigenvalue weighted by molar-refractivity contribution is -0.118. The largest absolute Gasteiger partial charge is 0.338 e. The normalized spacial score (nSPS) is 12.3. The average molecular weight is 369 g/mol. The van der Waals surface area contributed by atoms with Crippen LogP contribution < -0.4 is 10.0 Å². The predicted octanol–water partition coefficient (Wildman–Crippen LogP) is 3.09. The second kappa shape index (κ2) is 7.45. The highest BCUT2D eigenvalue weighted by Crippen LogP contribution is 2.22. The number of nitrogens with zero attached hydrogens (tertiary/aromatic N) is 1. The van der Waals surface area contributed by atoms with Gasteiger partial charge in [0.25, 0.3) is 5.91 Å². The van der Waals surface area contributed by atoms with E-state index in [0.29, 0.717) is 11.4 Å². The van der Waals surface area contributed by atoms with Crippen LogP contribution in [0.5, 0.6) is 0 Å². The van der Waals surface area contributed by atoms with Crippen molar-refractivity contribution in [1.29, 1.82) is 0 Å². The monoisotopic (exact) mass is 369 g/mol. The second-order valence-electron chi connectivity index (χ2n) is 5.89. The maximum atomic E-state index is 12.9. The summed E-state index contributed by atoms with van der Waals surface area (Å²) < 4.78 is 27.0. The van der Waals surface area contributed by atoms with E-state index in [2.05, 4.69) is 10.0 Å². The summed E-state index contributed by atoms with van der Waals surface area (Å²) in [5.74, 6) is -0.219. The zero-order valence-corrected chi connectivity index (χ0v) is 15.0. The molecular weight excluding hydrogens is 350 g/mol. The van der Waals surface area contributed by atoms with Crippen LogP contribution in [0, 0.1) is 0 Å². The van der Waals surface area contributed by atoms with E-state index in [9.17, 15) is 13.2 Å². The lowest BCUT2D eigenvalue weighted by Gasteiger charge is -2.19. The van der Waals surface area contributed by atoms with E-state index in [1.54, 1.807) is 24.3 Å². The van der Waals surface area contributed by atoms with Crippen LogP contribution in [-0.2, 0) is 14.8 Å². The van der Waals surface area contributed by atoms with Crippen molar-refractivity contribution in [3.63, 3.8) is 0 Å². The molecule has 134 valence electrons. The van der Waals surface area contributed by atoms with Crippen molar-refractivity contribution in [2.75, 3.05) is 16.3 Å². The number of rotatable bonds is 6. The van der Waals surface area contributed by atoms with E-state index in [1.165, 1.54) is 0 Å². The van der Waals surface area contributed by atoms with E-state index in [-0.39, 0.29) is 5.91 Å². The van der Waals surface area contributed by atoms with Crippen LogP contribution in [0.25, 0.3) is 0 Å². The van der Waals surface area contributed by atoms with E-state index in [1.807, 2.05) is 59.4 Å². The highest BCUT2D eigenvalue weighted by atomic mass is 32.2. The molecule has 0 fully saturated rings.